The van der Waals surface area contributed by atoms with E-state index in [9.17, 15) is 0 Å². The van der Waals surface area contributed by atoms with E-state index >= 15 is 0 Å². The second-order valence-corrected chi connectivity index (χ2v) is 7.59. The molecule has 0 aromatic heterocycles. The summed E-state index contributed by atoms with van der Waals surface area (Å²) in [7, 11) is 0. The highest BCUT2D eigenvalue weighted by Crippen LogP contribution is 2.51. The number of nitrogens with one attached hydrogen (secondary N) is 1. The highest BCUT2D eigenvalue weighted by molar-refractivity contribution is 7.80. The Morgan fingerprint density at radius 2 is 2.15 bits per heavy atom. The third kappa shape index (κ3) is 2.30. The minimum absolute atomic E-state index is 0.393. The highest BCUT2D eigenvalue weighted by atomic mass is 32.1. The maximum absolute atomic E-state index is 4.60. The lowest BCUT2D eigenvalue weighted by Gasteiger charge is -2.29. The summed E-state index contributed by atoms with van der Waals surface area (Å²) < 4.78 is 0. The van der Waals surface area contributed by atoms with Crippen LogP contribution < -0.4 is 5.32 Å². The van der Waals surface area contributed by atoms with Crippen molar-refractivity contribution in [1.82, 2.24) is 10.2 Å². The summed E-state index contributed by atoms with van der Waals surface area (Å²) in [6.45, 7) is 9.15. The third-order valence-electron chi connectivity index (χ3n) is 4.64. The molecule has 0 saturated heterocycles. The fourth-order valence-electron chi connectivity index (χ4n) is 3.76. The highest BCUT2D eigenvalue weighted by Gasteiger charge is 2.45. The first kappa shape index (κ1) is 14.1. The van der Waals surface area contributed by atoms with Gasteiger partial charge in [0.15, 0.2) is 0 Å². The molecule has 3 heteroatoms. The van der Waals surface area contributed by atoms with Crippen LogP contribution in [0.4, 0.5) is 0 Å². The zero-order valence-corrected chi connectivity index (χ0v) is 13.9. The van der Waals surface area contributed by atoms with Gasteiger partial charge >= 0.3 is 0 Å². The molecule has 0 aromatic carbocycles. The number of thiol groups is 1. The molecule has 20 heavy (non-hydrogen) atoms. The van der Waals surface area contributed by atoms with E-state index in [0.29, 0.717) is 23.3 Å². The summed E-state index contributed by atoms with van der Waals surface area (Å²) in [4.78, 5) is 2.60. The van der Waals surface area contributed by atoms with E-state index in [1.165, 1.54) is 17.8 Å². The van der Waals surface area contributed by atoms with Crippen molar-refractivity contribution in [2.24, 2.45) is 11.8 Å². The Balaban J connectivity index is 1.87. The zero-order chi connectivity index (χ0) is 14.4. The minimum Gasteiger partial charge on any atom is -0.363 e. The smallest absolute Gasteiger partial charge is 0.104 e. The number of hydrogen-bond donors (Lipinski definition) is 2. The van der Waals surface area contributed by atoms with Crippen molar-refractivity contribution < 1.29 is 0 Å². The van der Waals surface area contributed by atoms with Crippen molar-refractivity contribution in [3.05, 3.63) is 34.8 Å². The molecule has 0 fully saturated rings. The Labute approximate surface area is 128 Å². The van der Waals surface area contributed by atoms with Gasteiger partial charge in [-0.1, -0.05) is 26.8 Å². The molecule has 3 rings (SSSR count). The van der Waals surface area contributed by atoms with Crippen LogP contribution in [-0.2, 0) is 0 Å². The maximum atomic E-state index is 4.60. The molecule has 3 aliphatic rings. The molecule has 110 valence electrons. The van der Waals surface area contributed by atoms with Crippen LogP contribution in [0.1, 0.15) is 47.0 Å². The Morgan fingerprint density at radius 3 is 2.75 bits per heavy atom. The minimum atomic E-state index is 0.393. The van der Waals surface area contributed by atoms with E-state index in [4.69, 9.17) is 0 Å². The number of rotatable bonds is 4. The van der Waals surface area contributed by atoms with Crippen LogP contribution in [0.25, 0.3) is 0 Å². The van der Waals surface area contributed by atoms with E-state index < -0.39 is 0 Å². The molecule has 1 N–H and O–H groups in total. The van der Waals surface area contributed by atoms with Crippen molar-refractivity contribution in [3.63, 3.8) is 0 Å². The second-order valence-electron chi connectivity index (χ2n) is 6.71. The number of nitrogens with zero attached hydrogens (tertiary/aromatic N) is 1. The average molecular weight is 290 g/mol. The van der Waals surface area contributed by atoms with Crippen molar-refractivity contribution in [3.8, 4) is 0 Å². The molecule has 0 spiro atoms. The molecule has 0 aromatic rings. The molecular weight excluding hydrogens is 264 g/mol. The van der Waals surface area contributed by atoms with Crippen LogP contribution in [0, 0.1) is 11.8 Å². The Morgan fingerprint density at radius 1 is 1.40 bits per heavy atom. The van der Waals surface area contributed by atoms with Crippen LogP contribution in [0.5, 0.6) is 0 Å². The van der Waals surface area contributed by atoms with Gasteiger partial charge in [-0.25, -0.2) is 0 Å². The van der Waals surface area contributed by atoms with Crippen LogP contribution in [-0.4, -0.2) is 16.3 Å². The van der Waals surface area contributed by atoms with E-state index in [1.807, 2.05) is 0 Å². The summed E-state index contributed by atoms with van der Waals surface area (Å²) in [5.74, 6) is 1.40. The summed E-state index contributed by atoms with van der Waals surface area (Å²) >= 11 is 4.60. The third-order valence-corrected chi connectivity index (χ3v) is 4.85. The van der Waals surface area contributed by atoms with Gasteiger partial charge in [-0.2, -0.15) is 12.6 Å². The summed E-state index contributed by atoms with van der Waals surface area (Å²) in [5, 5.41) is 4.13. The largest absolute Gasteiger partial charge is 0.363 e. The molecule has 0 saturated carbocycles. The lowest BCUT2D eigenvalue weighted by atomic mass is 10.0. The Bertz CT molecular complexity index is 499. The van der Waals surface area contributed by atoms with Gasteiger partial charge in [-0.3, -0.25) is 0 Å². The predicted molar refractivity (Wildman–Crippen MR) is 88.3 cm³/mol. The molecule has 1 heterocycles. The lowest BCUT2D eigenvalue weighted by molar-refractivity contribution is 0.289. The standard InChI is InChI=1S/C17H26N2S/c1-10(2)16-12(4)17(16)19-14-8-6-5-7-13(14)18-15(19)9-11(3)20/h5,7,10-11,15-16,18,20H,6,8-9H2,1-4H3/t11?,15?,16-/m0/s1. The fourth-order valence-corrected chi connectivity index (χ4v) is 3.96. The monoisotopic (exact) mass is 290 g/mol. The quantitative estimate of drug-likeness (QED) is 0.760. The van der Waals surface area contributed by atoms with Crippen molar-refractivity contribution in [2.75, 3.05) is 0 Å². The summed E-state index contributed by atoms with van der Waals surface area (Å²) in [6, 6.07) is 0. The van der Waals surface area contributed by atoms with E-state index in [0.717, 1.165) is 12.8 Å². The molecular formula is C17H26N2S. The Kier molecular flexibility index (Phi) is 3.65. The van der Waals surface area contributed by atoms with Gasteiger partial charge in [0.1, 0.15) is 6.17 Å². The van der Waals surface area contributed by atoms with Crippen LogP contribution in [0.15, 0.2) is 34.8 Å². The van der Waals surface area contributed by atoms with Crippen LogP contribution in [0.2, 0.25) is 0 Å². The molecule has 0 radical (unpaired) electrons. The van der Waals surface area contributed by atoms with Crippen LogP contribution >= 0.6 is 12.6 Å². The van der Waals surface area contributed by atoms with E-state index in [2.05, 4.69) is 62.7 Å². The molecule has 2 aliphatic carbocycles. The van der Waals surface area contributed by atoms with Gasteiger partial charge in [0.25, 0.3) is 0 Å². The van der Waals surface area contributed by atoms with Gasteiger partial charge in [-0.15, -0.1) is 0 Å². The van der Waals surface area contributed by atoms with Crippen molar-refractivity contribution >= 4 is 12.6 Å². The van der Waals surface area contributed by atoms with Gasteiger partial charge in [0.2, 0.25) is 0 Å². The summed E-state index contributed by atoms with van der Waals surface area (Å²) in [6.07, 6.45) is 8.34. The SMILES string of the molecule is CC1=C(N2C3=C(C=CCC3)NC2CC(C)S)[C@H]1C(C)C. The van der Waals surface area contributed by atoms with Gasteiger partial charge in [0, 0.05) is 22.6 Å². The molecule has 1 aliphatic heterocycles. The molecule has 0 amide bonds. The van der Waals surface area contributed by atoms with Crippen molar-refractivity contribution in [2.45, 2.75) is 58.4 Å². The number of allylic oxidation sites excluding steroid dienone is 5. The van der Waals surface area contributed by atoms with Gasteiger partial charge in [-0.05, 0) is 43.8 Å². The second kappa shape index (κ2) is 5.18. The van der Waals surface area contributed by atoms with Gasteiger partial charge in [0.05, 0.1) is 5.70 Å². The number of hydrogen-bond acceptors (Lipinski definition) is 3. The lowest BCUT2D eigenvalue weighted by Crippen LogP contribution is -2.37. The normalized spacial score (nSPS) is 30.0. The molecule has 2 nitrogen and oxygen atoms in total. The van der Waals surface area contributed by atoms with E-state index in [-0.39, 0.29) is 0 Å². The van der Waals surface area contributed by atoms with Crippen LogP contribution in [0.3, 0.4) is 0 Å². The van der Waals surface area contributed by atoms with E-state index in [1.54, 1.807) is 11.3 Å². The first-order valence-corrected chi connectivity index (χ1v) is 8.36. The first-order chi connectivity index (χ1) is 9.50. The first-order valence-electron chi connectivity index (χ1n) is 7.85. The zero-order valence-electron chi connectivity index (χ0n) is 13.0. The molecule has 3 atom stereocenters. The fraction of sp³-hybridized carbons (Fsp3) is 0.647. The van der Waals surface area contributed by atoms with Gasteiger partial charge < -0.3 is 10.2 Å². The Hall–Kier alpha value is -0.830. The van der Waals surface area contributed by atoms with Crippen molar-refractivity contribution in [1.29, 1.82) is 0 Å². The average Bonchev–Trinajstić information content (AvgIpc) is 2.90. The molecule has 2 unspecified atom stereocenters. The topological polar surface area (TPSA) is 15.3 Å². The predicted octanol–water partition coefficient (Wildman–Crippen LogP) is 4.05. The maximum Gasteiger partial charge on any atom is 0.104 e. The summed E-state index contributed by atoms with van der Waals surface area (Å²) in [5.41, 5.74) is 6.00. The molecule has 0 bridgehead atoms.